The van der Waals surface area contributed by atoms with E-state index < -0.39 is 0 Å². The van der Waals surface area contributed by atoms with Crippen LogP contribution in [0.5, 0.6) is 0 Å². The summed E-state index contributed by atoms with van der Waals surface area (Å²) >= 11 is 3.56. The molecule has 0 radical (unpaired) electrons. The van der Waals surface area contributed by atoms with E-state index in [2.05, 4.69) is 44.3 Å². The third-order valence-corrected chi connectivity index (χ3v) is 4.16. The van der Waals surface area contributed by atoms with Gasteiger partial charge < -0.3 is 10.2 Å². The smallest absolute Gasteiger partial charge is 0.0426 e. The molecule has 0 bridgehead atoms. The molecule has 1 aromatic rings. The molecule has 1 aromatic carbocycles. The van der Waals surface area contributed by atoms with Crippen molar-refractivity contribution >= 4 is 21.6 Å². The van der Waals surface area contributed by atoms with Gasteiger partial charge in [0.1, 0.15) is 0 Å². The summed E-state index contributed by atoms with van der Waals surface area (Å²) in [6.07, 6.45) is 3.81. The monoisotopic (exact) mass is 280 g/mol. The standard InChI is InChI=1S/C13H17BrN2/c14-11-3-4-13-10(8-11)2-1-7-16(13)12-5-6-15-9-12/h3-4,8,12,15H,1-2,5-7,9H2. The Hall–Kier alpha value is -0.540. The molecule has 0 saturated carbocycles. The Morgan fingerprint density at radius 1 is 1.38 bits per heavy atom. The van der Waals surface area contributed by atoms with Gasteiger partial charge in [-0.3, -0.25) is 0 Å². The Morgan fingerprint density at radius 3 is 3.12 bits per heavy atom. The first-order valence-electron chi connectivity index (χ1n) is 6.10. The van der Waals surface area contributed by atoms with Gasteiger partial charge >= 0.3 is 0 Å². The van der Waals surface area contributed by atoms with Gasteiger partial charge in [-0.15, -0.1) is 0 Å². The van der Waals surface area contributed by atoms with Gasteiger partial charge in [0.25, 0.3) is 0 Å². The number of nitrogens with one attached hydrogen (secondary N) is 1. The predicted molar refractivity (Wildman–Crippen MR) is 71.1 cm³/mol. The summed E-state index contributed by atoms with van der Waals surface area (Å²) < 4.78 is 1.21. The SMILES string of the molecule is Brc1ccc2c(c1)CCCN2C1CCNC1. The first-order valence-corrected chi connectivity index (χ1v) is 6.90. The topological polar surface area (TPSA) is 15.3 Å². The molecule has 2 heterocycles. The molecule has 3 rings (SSSR count). The summed E-state index contributed by atoms with van der Waals surface area (Å²) in [5.41, 5.74) is 2.97. The molecule has 2 nitrogen and oxygen atoms in total. The molecule has 3 heteroatoms. The van der Waals surface area contributed by atoms with Gasteiger partial charge in [0.05, 0.1) is 0 Å². The summed E-state index contributed by atoms with van der Waals surface area (Å²) in [5.74, 6) is 0. The minimum absolute atomic E-state index is 0.709. The zero-order chi connectivity index (χ0) is 11.0. The van der Waals surface area contributed by atoms with Crippen LogP contribution in [0.15, 0.2) is 22.7 Å². The Labute approximate surface area is 105 Å². The van der Waals surface area contributed by atoms with Crippen LogP contribution in [0.1, 0.15) is 18.4 Å². The normalized spacial score (nSPS) is 24.6. The van der Waals surface area contributed by atoms with Crippen LogP contribution in [-0.2, 0) is 6.42 Å². The molecule has 1 saturated heterocycles. The van der Waals surface area contributed by atoms with Crippen molar-refractivity contribution in [3.63, 3.8) is 0 Å². The fourth-order valence-corrected chi connectivity index (χ4v) is 3.29. The Morgan fingerprint density at radius 2 is 2.31 bits per heavy atom. The molecule has 1 N–H and O–H groups in total. The maximum Gasteiger partial charge on any atom is 0.0426 e. The van der Waals surface area contributed by atoms with Crippen LogP contribution in [0.4, 0.5) is 5.69 Å². The third-order valence-electron chi connectivity index (χ3n) is 3.67. The zero-order valence-corrected chi connectivity index (χ0v) is 11.0. The largest absolute Gasteiger partial charge is 0.367 e. The average Bonchev–Trinajstić information content (AvgIpc) is 2.81. The van der Waals surface area contributed by atoms with E-state index in [0.717, 1.165) is 6.54 Å². The lowest BCUT2D eigenvalue weighted by Crippen LogP contribution is -2.40. The zero-order valence-electron chi connectivity index (χ0n) is 9.38. The van der Waals surface area contributed by atoms with Crippen molar-refractivity contribution in [3.05, 3.63) is 28.2 Å². The molecule has 0 amide bonds. The summed E-state index contributed by atoms with van der Waals surface area (Å²) in [4.78, 5) is 2.60. The van der Waals surface area contributed by atoms with E-state index >= 15 is 0 Å². The summed E-state index contributed by atoms with van der Waals surface area (Å²) in [5, 5.41) is 3.46. The van der Waals surface area contributed by atoms with Gasteiger partial charge in [-0.2, -0.15) is 0 Å². The van der Waals surface area contributed by atoms with Gasteiger partial charge in [0, 0.05) is 29.3 Å². The molecule has 0 spiro atoms. The molecule has 0 aromatic heterocycles. The van der Waals surface area contributed by atoms with Crippen LogP contribution in [0.3, 0.4) is 0 Å². The third kappa shape index (κ3) is 1.87. The Balaban J connectivity index is 1.93. The molecule has 1 fully saturated rings. The van der Waals surface area contributed by atoms with E-state index in [9.17, 15) is 0 Å². The highest BCUT2D eigenvalue weighted by Crippen LogP contribution is 2.32. The first kappa shape index (κ1) is 10.6. The fourth-order valence-electron chi connectivity index (χ4n) is 2.88. The van der Waals surface area contributed by atoms with Crippen LogP contribution in [-0.4, -0.2) is 25.7 Å². The van der Waals surface area contributed by atoms with Crippen molar-refractivity contribution in [1.82, 2.24) is 5.32 Å². The molecule has 2 aliphatic rings. The lowest BCUT2D eigenvalue weighted by molar-refractivity contribution is 0.591. The molecular formula is C13H17BrN2. The van der Waals surface area contributed by atoms with E-state index in [0.29, 0.717) is 6.04 Å². The number of aryl methyl sites for hydroxylation is 1. The van der Waals surface area contributed by atoms with Crippen molar-refractivity contribution in [2.45, 2.75) is 25.3 Å². The lowest BCUT2D eigenvalue weighted by Gasteiger charge is -2.36. The number of hydrogen-bond acceptors (Lipinski definition) is 2. The second-order valence-corrected chi connectivity index (χ2v) is 5.63. The van der Waals surface area contributed by atoms with Crippen molar-refractivity contribution in [1.29, 1.82) is 0 Å². The summed E-state index contributed by atoms with van der Waals surface area (Å²) in [6, 6.07) is 7.43. The van der Waals surface area contributed by atoms with Crippen molar-refractivity contribution in [3.8, 4) is 0 Å². The summed E-state index contributed by atoms with van der Waals surface area (Å²) in [7, 11) is 0. The van der Waals surface area contributed by atoms with E-state index in [1.54, 1.807) is 0 Å². The number of halogens is 1. The van der Waals surface area contributed by atoms with E-state index in [1.807, 2.05) is 0 Å². The molecular weight excluding hydrogens is 264 g/mol. The maximum absolute atomic E-state index is 3.56. The van der Waals surface area contributed by atoms with Gasteiger partial charge in [0.2, 0.25) is 0 Å². The van der Waals surface area contributed by atoms with Gasteiger partial charge in [-0.05, 0) is 49.6 Å². The highest BCUT2D eigenvalue weighted by molar-refractivity contribution is 9.10. The van der Waals surface area contributed by atoms with Crippen molar-refractivity contribution < 1.29 is 0 Å². The molecule has 0 aliphatic carbocycles. The van der Waals surface area contributed by atoms with E-state index in [1.165, 1.54) is 48.1 Å². The van der Waals surface area contributed by atoms with E-state index in [4.69, 9.17) is 0 Å². The van der Waals surface area contributed by atoms with Crippen LogP contribution >= 0.6 is 15.9 Å². The number of anilines is 1. The molecule has 1 atom stereocenters. The van der Waals surface area contributed by atoms with Gasteiger partial charge in [-0.1, -0.05) is 15.9 Å². The number of hydrogen-bond donors (Lipinski definition) is 1. The minimum atomic E-state index is 0.709. The number of rotatable bonds is 1. The Kier molecular flexibility index (Phi) is 2.90. The molecule has 16 heavy (non-hydrogen) atoms. The number of benzene rings is 1. The van der Waals surface area contributed by atoms with Crippen LogP contribution in [0, 0.1) is 0 Å². The second kappa shape index (κ2) is 4.38. The van der Waals surface area contributed by atoms with Crippen molar-refractivity contribution in [2.24, 2.45) is 0 Å². The van der Waals surface area contributed by atoms with Crippen LogP contribution < -0.4 is 10.2 Å². The molecule has 86 valence electrons. The first-order chi connectivity index (χ1) is 7.84. The number of nitrogens with zero attached hydrogens (tertiary/aromatic N) is 1. The predicted octanol–water partition coefficient (Wildman–Crippen LogP) is 2.56. The highest BCUT2D eigenvalue weighted by atomic mass is 79.9. The van der Waals surface area contributed by atoms with Crippen molar-refractivity contribution in [2.75, 3.05) is 24.5 Å². The van der Waals surface area contributed by atoms with Gasteiger partial charge in [-0.25, -0.2) is 0 Å². The molecule has 1 unspecified atom stereocenters. The average molecular weight is 281 g/mol. The summed E-state index contributed by atoms with van der Waals surface area (Å²) in [6.45, 7) is 3.55. The minimum Gasteiger partial charge on any atom is -0.367 e. The molecule has 2 aliphatic heterocycles. The maximum atomic E-state index is 3.56. The van der Waals surface area contributed by atoms with E-state index in [-0.39, 0.29) is 0 Å². The Bertz CT molecular complexity index is 386. The quantitative estimate of drug-likeness (QED) is 0.851. The highest BCUT2D eigenvalue weighted by Gasteiger charge is 2.26. The van der Waals surface area contributed by atoms with Gasteiger partial charge in [0.15, 0.2) is 0 Å². The number of fused-ring (bicyclic) bond motifs is 1. The van der Waals surface area contributed by atoms with Crippen LogP contribution in [0.2, 0.25) is 0 Å². The van der Waals surface area contributed by atoms with Crippen LogP contribution in [0.25, 0.3) is 0 Å². The second-order valence-electron chi connectivity index (χ2n) is 4.72. The lowest BCUT2D eigenvalue weighted by atomic mass is 10.00. The fraction of sp³-hybridized carbons (Fsp3) is 0.538.